The number of hydrogen-bond acceptors (Lipinski definition) is 4. The number of benzene rings is 1. The Balaban J connectivity index is 1.76. The molecule has 1 aromatic carbocycles. The first kappa shape index (κ1) is 16.6. The number of fused-ring (bicyclic) bond motifs is 2. The molecule has 0 unspecified atom stereocenters. The minimum atomic E-state index is -0.197. The Morgan fingerprint density at radius 2 is 2.00 bits per heavy atom. The van der Waals surface area contributed by atoms with Gasteiger partial charge in [0.05, 0.1) is 6.20 Å². The number of aromatic nitrogens is 3. The lowest BCUT2D eigenvalue weighted by atomic mass is 10.00. The first-order valence-electron chi connectivity index (χ1n) is 8.88. The van der Waals surface area contributed by atoms with Crippen LogP contribution in [-0.2, 0) is 13.0 Å². The Morgan fingerprint density at radius 3 is 2.88 bits per heavy atom. The highest BCUT2D eigenvalue weighted by Crippen LogP contribution is 2.24. The van der Waals surface area contributed by atoms with Crippen LogP contribution in [0.1, 0.15) is 30.4 Å². The van der Waals surface area contributed by atoms with E-state index < -0.39 is 0 Å². The van der Waals surface area contributed by atoms with Gasteiger partial charge < -0.3 is 10.2 Å². The van der Waals surface area contributed by atoms with Crippen LogP contribution in [-0.4, -0.2) is 21.6 Å². The molecule has 4 rings (SSSR count). The van der Waals surface area contributed by atoms with Gasteiger partial charge in [0.25, 0.3) is 0 Å². The Labute approximate surface area is 152 Å². The molecule has 0 saturated carbocycles. The second-order valence-corrected chi connectivity index (χ2v) is 6.82. The number of nitrogens with zero attached hydrogens (tertiary/aromatic N) is 4. The zero-order chi connectivity index (χ0) is 18.1. The van der Waals surface area contributed by atoms with Gasteiger partial charge in [0.1, 0.15) is 17.3 Å². The molecule has 0 amide bonds. The number of rotatable bonds is 0. The molecule has 6 heteroatoms. The molecule has 0 fully saturated rings. The van der Waals surface area contributed by atoms with Crippen molar-refractivity contribution in [2.24, 2.45) is 0 Å². The minimum Gasteiger partial charge on any atom is -0.355 e. The van der Waals surface area contributed by atoms with E-state index in [4.69, 9.17) is 4.98 Å². The Bertz CT molecular complexity index is 962. The monoisotopic (exact) mass is 351 g/mol. The third-order valence-corrected chi connectivity index (χ3v) is 4.81. The van der Waals surface area contributed by atoms with Crippen molar-refractivity contribution in [3.63, 3.8) is 0 Å². The predicted octanol–water partition coefficient (Wildman–Crippen LogP) is 4.16. The number of halogens is 1. The summed E-state index contributed by atoms with van der Waals surface area (Å²) in [4.78, 5) is 6.78. The van der Waals surface area contributed by atoms with Crippen LogP contribution in [0.4, 0.5) is 15.9 Å². The van der Waals surface area contributed by atoms with Crippen molar-refractivity contribution in [2.75, 3.05) is 17.3 Å². The Morgan fingerprint density at radius 1 is 1.15 bits per heavy atom. The van der Waals surface area contributed by atoms with Gasteiger partial charge in [-0.25, -0.2) is 13.9 Å². The normalized spacial score (nSPS) is 15.6. The fourth-order valence-corrected chi connectivity index (χ4v) is 3.39. The van der Waals surface area contributed by atoms with E-state index in [1.54, 1.807) is 22.8 Å². The van der Waals surface area contributed by atoms with Crippen LogP contribution in [0.5, 0.6) is 0 Å². The lowest BCUT2D eigenvalue weighted by Crippen LogP contribution is -2.19. The fourth-order valence-electron chi connectivity index (χ4n) is 3.39. The third-order valence-electron chi connectivity index (χ3n) is 4.81. The second-order valence-electron chi connectivity index (χ2n) is 6.82. The van der Waals surface area contributed by atoms with Crippen LogP contribution in [0, 0.1) is 5.82 Å². The van der Waals surface area contributed by atoms with Crippen molar-refractivity contribution in [3.05, 3.63) is 65.9 Å². The molecule has 0 saturated heterocycles. The van der Waals surface area contributed by atoms with E-state index >= 15 is 0 Å². The third kappa shape index (κ3) is 3.27. The molecule has 1 N–H and O–H groups in total. The van der Waals surface area contributed by atoms with Gasteiger partial charge in [0, 0.05) is 25.5 Å². The van der Waals surface area contributed by atoms with E-state index in [2.05, 4.69) is 17.0 Å². The molecule has 2 bridgehead atoms. The summed E-state index contributed by atoms with van der Waals surface area (Å²) in [5.74, 6) is 0.622. The molecule has 3 heterocycles. The molecule has 0 radical (unpaired) electrons. The summed E-state index contributed by atoms with van der Waals surface area (Å²) in [6, 6.07) is 7.01. The molecule has 1 aliphatic rings. The summed E-state index contributed by atoms with van der Waals surface area (Å²) in [5, 5.41) is 7.68. The summed E-state index contributed by atoms with van der Waals surface area (Å²) in [6.07, 6.45) is 7.54. The summed E-state index contributed by atoms with van der Waals surface area (Å²) in [5.41, 5.74) is 4.77. The first-order valence-corrected chi connectivity index (χ1v) is 8.88. The summed E-state index contributed by atoms with van der Waals surface area (Å²) in [6.45, 7) is 4.74. The molecule has 0 atom stereocenters. The van der Waals surface area contributed by atoms with Crippen molar-refractivity contribution in [1.82, 2.24) is 14.6 Å². The van der Waals surface area contributed by atoms with Crippen LogP contribution >= 0.6 is 0 Å². The van der Waals surface area contributed by atoms with E-state index in [1.165, 1.54) is 5.56 Å². The van der Waals surface area contributed by atoms with E-state index in [0.717, 1.165) is 54.1 Å². The lowest BCUT2D eigenvalue weighted by Gasteiger charge is -2.21. The molecular weight excluding hydrogens is 329 g/mol. The number of allylic oxidation sites excluding steroid dienone is 1. The lowest BCUT2D eigenvalue weighted by molar-refractivity contribution is 0.622. The van der Waals surface area contributed by atoms with E-state index in [-0.39, 0.29) is 5.82 Å². The van der Waals surface area contributed by atoms with Gasteiger partial charge in [-0.15, -0.1) is 0 Å². The van der Waals surface area contributed by atoms with Crippen molar-refractivity contribution in [2.45, 2.75) is 32.2 Å². The molecule has 134 valence electrons. The maximum Gasteiger partial charge on any atom is 0.180 e. The van der Waals surface area contributed by atoms with Crippen LogP contribution in [0.15, 0.2) is 48.9 Å². The average Bonchev–Trinajstić information content (AvgIpc) is 3.01. The van der Waals surface area contributed by atoms with Crippen LogP contribution in [0.3, 0.4) is 0 Å². The van der Waals surface area contributed by atoms with Gasteiger partial charge in [-0.05, 0) is 55.0 Å². The van der Waals surface area contributed by atoms with Gasteiger partial charge in [-0.2, -0.15) is 5.10 Å². The van der Waals surface area contributed by atoms with Gasteiger partial charge in [0.15, 0.2) is 5.65 Å². The Hall–Kier alpha value is -2.89. The number of nitrogens with one attached hydrogen (secondary N) is 1. The summed E-state index contributed by atoms with van der Waals surface area (Å²) in [7, 11) is 1.97. The molecular formula is C20H22FN5. The average molecular weight is 351 g/mol. The molecule has 1 aliphatic heterocycles. The van der Waals surface area contributed by atoms with Crippen LogP contribution < -0.4 is 10.2 Å². The Kier molecular flexibility index (Phi) is 4.32. The highest BCUT2D eigenvalue weighted by atomic mass is 19.1. The van der Waals surface area contributed by atoms with E-state index in [9.17, 15) is 4.39 Å². The molecule has 0 aliphatic carbocycles. The SMILES string of the molecule is C=C1CCCCc2ccc(F)cc2CN(C)c2ccn3ncc(c3n2)N1. The van der Waals surface area contributed by atoms with E-state index in [0.29, 0.717) is 6.54 Å². The maximum atomic E-state index is 13.8. The van der Waals surface area contributed by atoms with Gasteiger partial charge in [0.2, 0.25) is 0 Å². The number of anilines is 2. The van der Waals surface area contributed by atoms with Gasteiger partial charge in [-0.1, -0.05) is 12.6 Å². The summed E-state index contributed by atoms with van der Waals surface area (Å²) < 4.78 is 15.5. The highest BCUT2D eigenvalue weighted by Gasteiger charge is 2.13. The van der Waals surface area contributed by atoms with E-state index in [1.807, 2.05) is 30.3 Å². The zero-order valence-corrected chi connectivity index (χ0v) is 14.9. The number of hydrogen-bond donors (Lipinski definition) is 1. The topological polar surface area (TPSA) is 45.5 Å². The molecule has 3 aromatic rings. The molecule has 5 nitrogen and oxygen atoms in total. The van der Waals surface area contributed by atoms with Gasteiger partial charge >= 0.3 is 0 Å². The van der Waals surface area contributed by atoms with Crippen molar-refractivity contribution < 1.29 is 4.39 Å². The quantitative estimate of drug-likeness (QED) is 0.661. The predicted molar refractivity (Wildman–Crippen MR) is 102 cm³/mol. The molecule has 2 aromatic heterocycles. The minimum absolute atomic E-state index is 0.197. The van der Waals surface area contributed by atoms with Gasteiger partial charge in [-0.3, -0.25) is 0 Å². The molecule has 26 heavy (non-hydrogen) atoms. The van der Waals surface area contributed by atoms with Crippen molar-refractivity contribution in [3.8, 4) is 0 Å². The van der Waals surface area contributed by atoms with Crippen LogP contribution in [0.2, 0.25) is 0 Å². The zero-order valence-electron chi connectivity index (χ0n) is 14.9. The standard InChI is InChI=1S/C20H22FN5/c1-14-5-3-4-6-15-7-8-17(21)11-16(15)13-25(2)19-9-10-26-20(24-19)18(23-14)12-22-26/h7-12,23H,1,3-6,13H2,2H3. The number of aryl methyl sites for hydroxylation is 1. The smallest absolute Gasteiger partial charge is 0.180 e. The van der Waals surface area contributed by atoms with Crippen molar-refractivity contribution in [1.29, 1.82) is 0 Å². The summed E-state index contributed by atoms with van der Waals surface area (Å²) >= 11 is 0. The van der Waals surface area contributed by atoms with Crippen LogP contribution in [0.25, 0.3) is 5.65 Å². The van der Waals surface area contributed by atoms with Crippen molar-refractivity contribution >= 4 is 17.2 Å². The largest absolute Gasteiger partial charge is 0.355 e. The maximum absolute atomic E-state index is 13.8. The highest BCUT2D eigenvalue weighted by molar-refractivity contribution is 5.70. The molecule has 0 spiro atoms. The first-order chi connectivity index (χ1) is 12.6. The second kappa shape index (κ2) is 6.78. The fraction of sp³-hybridized carbons (Fsp3) is 0.300.